The number of aromatic nitrogens is 1. The first-order valence-corrected chi connectivity index (χ1v) is 6.80. The fourth-order valence-electron chi connectivity index (χ4n) is 1.78. The third kappa shape index (κ3) is 2.33. The molecule has 0 fully saturated rings. The summed E-state index contributed by atoms with van der Waals surface area (Å²) in [6.07, 6.45) is 0. The molecule has 3 rings (SSSR count). The van der Waals surface area contributed by atoms with Gasteiger partial charge in [-0.05, 0) is 42.8 Å². The van der Waals surface area contributed by atoms with Crippen molar-refractivity contribution in [3.8, 4) is 0 Å². The highest BCUT2D eigenvalue weighted by Crippen LogP contribution is 2.29. The van der Waals surface area contributed by atoms with Crippen molar-refractivity contribution in [3.05, 3.63) is 53.1 Å². The van der Waals surface area contributed by atoms with Crippen LogP contribution < -0.4 is 5.32 Å². The van der Waals surface area contributed by atoms with Gasteiger partial charge < -0.3 is 5.32 Å². The predicted molar refractivity (Wildman–Crippen MR) is 79.1 cm³/mol. The average Bonchev–Trinajstić information content (AvgIpc) is 2.70. The number of benzene rings is 2. The van der Waals surface area contributed by atoms with E-state index in [0.29, 0.717) is 0 Å². The lowest BCUT2D eigenvalue weighted by Gasteiger charge is -2.01. The van der Waals surface area contributed by atoms with E-state index in [2.05, 4.69) is 29.4 Å². The van der Waals surface area contributed by atoms with E-state index in [4.69, 9.17) is 11.6 Å². The topological polar surface area (TPSA) is 24.9 Å². The summed E-state index contributed by atoms with van der Waals surface area (Å²) in [4.78, 5) is 4.54. The number of rotatable bonds is 2. The molecule has 0 spiro atoms. The van der Waals surface area contributed by atoms with E-state index in [1.807, 2.05) is 30.3 Å². The highest BCUT2D eigenvalue weighted by molar-refractivity contribution is 7.22. The van der Waals surface area contributed by atoms with E-state index < -0.39 is 0 Å². The molecule has 2 aromatic carbocycles. The number of aryl methyl sites for hydroxylation is 1. The lowest BCUT2D eigenvalue weighted by molar-refractivity contribution is 1.43. The van der Waals surface area contributed by atoms with E-state index in [0.717, 1.165) is 21.4 Å². The maximum absolute atomic E-state index is 5.95. The summed E-state index contributed by atoms with van der Waals surface area (Å²) in [6, 6.07) is 13.9. The largest absolute Gasteiger partial charge is 0.331 e. The Balaban J connectivity index is 1.95. The third-order valence-electron chi connectivity index (χ3n) is 2.62. The van der Waals surface area contributed by atoms with Crippen LogP contribution in [-0.2, 0) is 0 Å². The minimum absolute atomic E-state index is 0.719. The van der Waals surface area contributed by atoms with Crippen LogP contribution >= 0.6 is 22.9 Å². The van der Waals surface area contributed by atoms with Gasteiger partial charge in [-0.2, -0.15) is 0 Å². The Kier molecular flexibility index (Phi) is 2.94. The number of hydrogen-bond acceptors (Lipinski definition) is 3. The number of anilines is 2. The zero-order valence-electron chi connectivity index (χ0n) is 9.77. The smallest absolute Gasteiger partial charge is 0.188 e. The quantitative estimate of drug-likeness (QED) is 0.711. The number of nitrogens with zero attached hydrogens (tertiary/aromatic N) is 1. The standard InChI is InChI=1S/C14H11ClN2S/c1-9-5-6-12-13(7-9)18-14(17-12)16-11-4-2-3-10(15)8-11/h2-8H,1H3,(H,16,17). The summed E-state index contributed by atoms with van der Waals surface area (Å²) >= 11 is 7.60. The molecule has 1 heterocycles. The van der Waals surface area contributed by atoms with Crippen molar-refractivity contribution in [1.29, 1.82) is 0 Å². The fourth-order valence-corrected chi connectivity index (χ4v) is 2.95. The van der Waals surface area contributed by atoms with E-state index in [-0.39, 0.29) is 0 Å². The summed E-state index contributed by atoms with van der Waals surface area (Å²) in [5.74, 6) is 0. The molecule has 2 nitrogen and oxygen atoms in total. The molecular formula is C14H11ClN2S. The summed E-state index contributed by atoms with van der Waals surface area (Å²) in [5, 5.41) is 4.88. The van der Waals surface area contributed by atoms with E-state index in [1.54, 1.807) is 11.3 Å². The normalized spacial score (nSPS) is 10.8. The zero-order valence-corrected chi connectivity index (χ0v) is 11.3. The van der Waals surface area contributed by atoms with Crippen LogP contribution in [0.3, 0.4) is 0 Å². The molecule has 0 aliphatic rings. The Morgan fingerprint density at radius 3 is 2.89 bits per heavy atom. The monoisotopic (exact) mass is 274 g/mol. The van der Waals surface area contributed by atoms with E-state index in [9.17, 15) is 0 Å². The molecule has 1 aromatic heterocycles. The molecule has 0 atom stereocenters. The molecule has 3 aromatic rings. The van der Waals surface area contributed by atoms with E-state index >= 15 is 0 Å². The minimum Gasteiger partial charge on any atom is -0.331 e. The van der Waals surface area contributed by atoms with Gasteiger partial charge >= 0.3 is 0 Å². The van der Waals surface area contributed by atoms with Crippen molar-refractivity contribution in [2.24, 2.45) is 0 Å². The van der Waals surface area contributed by atoms with Gasteiger partial charge in [-0.25, -0.2) is 4.98 Å². The molecule has 0 bridgehead atoms. The van der Waals surface area contributed by atoms with Gasteiger partial charge in [0.15, 0.2) is 5.13 Å². The Labute approximate surface area is 114 Å². The summed E-state index contributed by atoms with van der Waals surface area (Å²) < 4.78 is 1.19. The lowest BCUT2D eigenvalue weighted by atomic mass is 10.2. The van der Waals surface area contributed by atoms with E-state index in [1.165, 1.54) is 10.3 Å². The van der Waals surface area contributed by atoms with Crippen molar-refractivity contribution in [3.63, 3.8) is 0 Å². The summed E-state index contributed by atoms with van der Waals surface area (Å²) in [5.41, 5.74) is 3.23. The molecule has 0 radical (unpaired) electrons. The van der Waals surface area contributed by atoms with Gasteiger partial charge in [-0.1, -0.05) is 35.1 Å². The maximum Gasteiger partial charge on any atom is 0.188 e. The second-order valence-electron chi connectivity index (χ2n) is 4.13. The van der Waals surface area contributed by atoms with Crippen LogP contribution in [-0.4, -0.2) is 4.98 Å². The maximum atomic E-state index is 5.95. The van der Waals surface area contributed by atoms with Crippen LogP contribution in [0.4, 0.5) is 10.8 Å². The molecule has 0 aliphatic carbocycles. The van der Waals surface area contributed by atoms with Crippen LogP contribution in [0.1, 0.15) is 5.56 Å². The molecule has 18 heavy (non-hydrogen) atoms. The van der Waals surface area contributed by atoms with Gasteiger partial charge in [0.05, 0.1) is 10.2 Å². The Morgan fingerprint density at radius 1 is 1.17 bits per heavy atom. The fraction of sp³-hybridized carbons (Fsp3) is 0.0714. The minimum atomic E-state index is 0.719. The van der Waals surface area contributed by atoms with Crippen LogP contribution in [0.5, 0.6) is 0 Å². The number of halogens is 1. The van der Waals surface area contributed by atoms with Crippen LogP contribution in [0.15, 0.2) is 42.5 Å². The molecule has 90 valence electrons. The zero-order chi connectivity index (χ0) is 12.5. The first kappa shape index (κ1) is 11.5. The van der Waals surface area contributed by atoms with Crippen molar-refractivity contribution in [1.82, 2.24) is 4.98 Å². The lowest BCUT2D eigenvalue weighted by Crippen LogP contribution is -1.88. The van der Waals surface area contributed by atoms with Crippen molar-refractivity contribution in [2.75, 3.05) is 5.32 Å². The molecule has 4 heteroatoms. The number of thiazole rings is 1. The Hall–Kier alpha value is -1.58. The number of fused-ring (bicyclic) bond motifs is 1. The highest BCUT2D eigenvalue weighted by Gasteiger charge is 2.04. The van der Waals surface area contributed by atoms with Gasteiger partial charge in [-0.3, -0.25) is 0 Å². The molecule has 0 amide bonds. The van der Waals surface area contributed by atoms with Gasteiger partial charge in [-0.15, -0.1) is 0 Å². The molecular weight excluding hydrogens is 264 g/mol. The van der Waals surface area contributed by atoms with Gasteiger partial charge in [0, 0.05) is 10.7 Å². The second kappa shape index (κ2) is 4.59. The average molecular weight is 275 g/mol. The number of nitrogens with one attached hydrogen (secondary N) is 1. The molecule has 1 N–H and O–H groups in total. The SMILES string of the molecule is Cc1ccc2nc(Nc3cccc(Cl)c3)sc2c1. The van der Waals surface area contributed by atoms with Crippen LogP contribution in [0.25, 0.3) is 10.2 Å². The highest BCUT2D eigenvalue weighted by atomic mass is 35.5. The second-order valence-corrected chi connectivity index (χ2v) is 5.59. The molecule has 0 saturated carbocycles. The number of hydrogen-bond donors (Lipinski definition) is 1. The van der Waals surface area contributed by atoms with Gasteiger partial charge in [0.25, 0.3) is 0 Å². The predicted octanol–water partition coefficient (Wildman–Crippen LogP) is 5.00. The third-order valence-corrected chi connectivity index (χ3v) is 3.79. The summed E-state index contributed by atoms with van der Waals surface area (Å²) in [6.45, 7) is 2.09. The van der Waals surface area contributed by atoms with Crippen molar-refractivity contribution < 1.29 is 0 Å². The van der Waals surface area contributed by atoms with Crippen LogP contribution in [0.2, 0.25) is 5.02 Å². The van der Waals surface area contributed by atoms with Gasteiger partial charge in [0.2, 0.25) is 0 Å². The Bertz CT molecular complexity index is 706. The van der Waals surface area contributed by atoms with Crippen LogP contribution in [0, 0.1) is 6.92 Å². The first-order valence-electron chi connectivity index (χ1n) is 5.60. The van der Waals surface area contributed by atoms with Crippen molar-refractivity contribution in [2.45, 2.75) is 6.92 Å². The molecule has 0 unspecified atom stereocenters. The Morgan fingerprint density at radius 2 is 2.06 bits per heavy atom. The summed E-state index contributed by atoms with van der Waals surface area (Å²) in [7, 11) is 0. The van der Waals surface area contributed by atoms with Crippen molar-refractivity contribution >= 4 is 44.0 Å². The van der Waals surface area contributed by atoms with Gasteiger partial charge in [0.1, 0.15) is 0 Å². The molecule has 0 aliphatic heterocycles. The molecule has 0 saturated heterocycles. The first-order chi connectivity index (χ1) is 8.70.